The molecule has 1 aromatic carbocycles. The highest BCUT2D eigenvalue weighted by molar-refractivity contribution is 7.99. The summed E-state index contributed by atoms with van der Waals surface area (Å²) < 4.78 is 2.33. The van der Waals surface area contributed by atoms with Gasteiger partial charge in [0, 0.05) is 6.04 Å². The predicted molar refractivity (Wildman–Crippen MR) is 79.0 cm³/mol. The van der Waals surface area contributed by atoms with Gasteiger partial charge in [0.1, 0.15) is 0 Å². The van der Waals surface area contributed by atoms with Crippen LogP contribution < -0.4 is 5.56 Å². The average molecular weight is 278 g/mol. The molecule has 0 bridgehead atoms. The molecule has 0 atom stereocenters. The van der Waals surface area contributed by atoms with Crippen LogP contribution in [-0.4, -0.2) is 21.1 Å². The van der Waals surface area contributed by atoms with E-state index in [-0.39, 0.29) is 11.6 Å². The van der Waals surface area contributed by atoms with Gasteiger partial charge < -0.3 is 4.98 Å². The number of benzene rings is 1. The van der Waals surface area contributed by atoms with Crippen molar-refractivity contribution in [3.63, 3.8) is 0 Å². The van der Waals surface area contributed by atoms with E-state index in [0.717, 1.165) is 35.3 Å². The molecule has 0 unspecified atom stereocenters. The summed E-state index contributed by atoms with van der Waals surface area (Å²) >= 11 is 7.30. The second-order valence-electron chi connectivity index (χ2n) is 4.49. The number of H-pyrrole nitrogens is 1. The standard InChI is InChI=1S/C13H14N2OS2/c16-12-10-3-1-2-4-11(10)14-13(17)15(12)9-5-7-18-8-6-9/h1-4,9H,5-8H2,(H,14,17). The van der Waals surface area contributed by atoms with Gasteiger partial charge in [-0.05, 0) is 48.7 Å². The number of thioether (sulfide) groups is 1. The number of hydrogen-bond donors (Lipinski definition) is 1. The van der Waals surface area contributed by atoms with E-state index in [1.54, 1.807) is 4.57 Å². The molecule has 0 radical (unpaired) electrons. The van der Waals surface area contributed by atoms with Gasteiger partial charge in [-0.1, -0.05) is 12.1 Å². The third-order valence-electron chi connectivity index (χ3n) is 3.39. The molecule has 0 amide bonds. The van der Waals surface area contributed by atoms with Crippen LogP contribution in [0, 0.1) is 4.77 Å². The molecular weight excluding hydrogens is 264 g/mol. The summed E-state index contributed by atoms with van der Waals surface area (Å²) in [5.74, 6) is 2.22. The highest BCUT2D eigenvalue weighted by Crippen LogP contribution is 2.26. The summed E-state index contributed by atoms with van der Waals surface area (Å²) in [5.41, 5.74) is 0.875. The van der Waals surface area contributed by atoms with Crippen molar-refractivity contribution in [2.75, 3.05) is 11.5 Å². The van der Waals surface area contributed by atoms with Crippen LogP contribution in [0.15, 0.2) is 29.1 Å². The molecule has 1 aliphatic heterocycles. The first-order chi connectivity index (χ1) is 8.77. The fourth-order valence-corrected chi connectivity index (χ4v) is 3.87. The molecule has 94 valence electrons. The zero-order valence-corrected chi connectivity index (χ0v) is 11.5. The summed E-state index contributed by atoms with van der Waals surface area (Å²) in [5, 5.41) is 0.726. The predicted octanol–water partition coefficient (Wildman–Crippen LogP) is 3.13. The highest BCUT2D eigenvalue weighted by Gasteiger charge is 2.18. The molecule has 3 nitrogen and oxygen atoms in total. The maximum Gasteiger partial charge on any atom is 0.262 e. The Hall–Kier alpha value is -1.07. The van der Waals surface area contributed by atoms with Gasteiger partial charge in [0.25, 0.3) is 5.56 Å². The Morgan fingerprint density at radius 1 is 1.28 bits per heavy atom. The number of nitrogens with one attached hydrogen (secondary N) is 1. The summed E-state index contributed by atoms with van der Waals surface area (Å²) in [6.07, 6.45) is 2.06. The second-order valence-corrected chi connectivity index (χ2v) is 6.11. The minimum Gasteiger partial charge on any atom is -0.332 e. The van der Waals surface area contributed by atoms with Gasteiger partial charge >= 0.3 is 0 Å². The number of aromatic amines is 1. The van der Waals surface area contributed by atoms with E-state index in [1.807, 2.05) is 36.0 Å². The van der Waals surface area contributed by atoms with Crippen molar-refractivity contribution in [2.45, 2.75) is 18.9 Å². The van der Waals surface area contributed by atoms with Gasteiger partial charge in [-0.3, -0.25) is 9.36 Å². The fourth-order valence-electron chi connectivity index (χ4n) is 2.45. The monoisotopic (exact) mass is 278 g/mol. The molecule has 1 aromatic heterocycles. The number of hydrogen-bond acceptors (Lipinski definition) is 3. The van der Waals surface area contributed by atoms with Crippen molar-refractivity contribution in [1.82, 2.24) is 9.55 Å². The minimum absolute atomic E-state index is 0.0475. The molecule has 0 spiro atoms. The smallest absolute Gasteiger partial charge is 0.262 e. The number of nitrogens with zero attached hydrogens (tertiary/aromatic N) is 1. The molecule has 18 heavy (non-hydrogen) atoms. The largest absolute Gasteiger partial charge is 0.332 e. The highest BCUT2D eigenvalue weighted by atomic mass is 32.2. The van der Waals surface area contributed by atoms with Gasteiger partial charge in [0.05, 0.1) is 10.9 Å². The second kappa shape index (κ2) is 4.90. The van der Waals surface area contributed by atoms with Crippen LogP contribution in [0.1, 0.15) is 18.9 Å². The molecule has 1 saturated heterocycles. The van der Waals surface area contributed by atoms with E-state index in [9.17, 15) is 4.79 Å². The van der Waals surface area contributed by atoms with Gasteiger partial charge in [0.15, 0.2) is 4.77 Å². The summed E-state index contributed by atoms with van der Waals surface area (Å²) in [6, 6.07) is 7.81. The Bertz CT molecular complexity index is 683. The van der Waals surface area contributed by atoms with Crippen molar-refractivity contribution in [1.29, 1.82) is 0 Å². The maximum atomic E-state index is 12.5. The normalized spacial score (nSPS) is 17.1. The zero-order chi connectivity index (χ0) is 12.5. The first-order valence-electron chi connectivity index (χ1n) is 6.08. The van der Waals surface area contributed by atoms with E-state index in [4.69, 9.17) is 12.2 Å². The van der Waals surface area contributed by atoms with Crippen LogP contribution in [0.25, 0.3) is 10.9 Å². The van der Waals surface area contributed by atoms with Crippen molar-refractivity contribution in [2.24, 2.45) is 0 Å². The first-order valence-corrected chi connectivity index (χ1v) is 7.65. The number of para-hydroxylation sites is 1. The lowest BCUT2D eigenvalue weighted by molar-refractivity contribution is 0.448. The Morgan fingerprint density at radius 3 is 2.78 bits per heavy atom. The van der Waals surface area contributed by atoms with Crippen molar-refractivity contribution in [3.05, 3.63) is 39.4 Å². The topological polar surface area (TPSA) is 37.8 Å². The Kier molecular flexibility index (Phi) is 3.26. The van der Waals surface area contributed by atoms with Crippen molar-refractivity contribution < 1.29 is 0 Å². The van der Waals surface area contributed by atoms with E-state index in [2.05, 4.69) is 4.98 Å². The first kappa shape index (κ1) is 12.0. The van der Waals surface area contributed by atoms with Gasteiger partial charge in [-0.2, -0.15) is 11.8 Å². The van der Waals surface area contributed by atoms with Crippen LogP contribution in [0.4, 0.5) is 0 Å². The number of rotatable bonds is 1. The third kappa shape index (κ3) is 2.01. The Balaban J connectivity index is 2.22. The van der Waals surface area contributed by atoms with Crippen LogP contribution in [0.2, 0.25) is 0 Å². The van der Waals surface area contributed by atoms with Crippen LogP contribution in [0.5, 0.6) is 0 Å². The molecule has 1 fully saturated rings. The molecule has 0 aliphatic carbocycles. The van der Waals surface area contributed by atoms with Gasteiger partial charge in [0.2, 0.25) is 0 Å². The van der Waals surface area contributed by atoms with Crippen molar-refractivity contribution >= 4 is 34.9 Å². The Labute approximate surface area is 114 Å². The van der Waals surface area contributed by atoms with E-state index in [0.29, 0.717) is 4.77 Å². The summed E-state index contributed by atoms with van der Waals surface area (Å²) in [7, 11) is 0. The quantitative estimate of drug-likeness (QED) is 0.814. The van der Waals surface area contributed by atoms with Gasteiger partial charge in [-0.15, -0.1) is 0 Å². The van der Waals surface area contributed by atoms with E-state index in [1.165, 1.54) is 0 Å². The SMILES string of the molecule is O=c1c2ccccc2[nH]c(=S)n1C1CCSCC1. The van der Waals surface area contributed by atoms with Crippen molar-refractivity contribution in [3.8, 4) is 0 Å². The van der Waals surface area contributed by atoms with Crippen LogP contribution >= 0.6 is 24.0 Å². The third-order valence-corrected chi connectivity index (χ3v) is 4.74. The van der Waals surface area contributed by atoms with Crippen LogP contribution in [-0.2, 0) is 0 Å². The molecule has 2 heterocycles. The molecule has 5 heteroatoms. The maximum absolute atomic E-state index is 12.5. The van der Waals surface area contributed by atoms with E-state index >= 15 is 0 Å². The van der Waals surface area contributed by atoms with Gasteiger partial charge in [-0.25, -0.2) is 0 Å². The summed E-state index contributed by atoms with van der Waals surface area (Å²) in [4.78, 5) is 15.7. The zero-order valence-electron chi connectivity index (χ0n) is 9.89. The molecule has 1 N–H and O–H groups in total. The fraction of sp³-hybridized carbons (Fsp3) is 0.385. The lowest BCUT2D eigenvalue weighted by Crippen LogP contribution is -2.28. The van der Waals surface area contributed by atoms with Crippen LogP contribution in [0.3, 0.4) is 0 Å². The lowest BCUT2D eigenvalue weighted by atomic mass is 10.1. The number of aromatic nitrogens is 2. The molecule has 1 aliphatic rings. The molecule has 3 rings (SSSR count). The molecular formula is C13H14N2OS2. The molecule has 2 aromatic rings. The lowest BCUT2D eigenvalue weighted by Gasteiger charge is -2.23. The number of fused-ring (bicyclic) bond motifs is 1. The van der Waals surface area contributed by atoms with E-state index < -0.39 is 0 Å². The molecule has 0 saturated carbocycles. The Morgan fingerprint density at radius 2 is 2.00 bits per heavy atom. The average Bonchev–Trinajstić information content (AvgIpc) is 2.40. The summed E-state index contributed by atoms with van der Waals surface area (Å²) in [6.45, 7) is 0. The minimum atomic E-state index is 0.0475.